The molecule has 0 aliphatic heterocycles. The van der Waals surface area contributed by atoms with Crippen LogP contribution in [0.3, 0.4) is 0 Å². The minimum Gasteiger partial charge on any atom is -0.506 e. The Kier molecular flexibility index (Phi) is 35.4. The van der Waals surface area contributed by atoms with Crippen LogP contribution in [-0.4, -0.2) is 270 Å². The van der Waals surface area contributed by atoms with Crippen LogP contribution in [0.1, 0.15) is 31.8 Å². The molecule has 2 radical (unpaired) electrons. The van der Waals surface area contributed by atoms with E-state index >= 15 is 0 Å². The van der Waals surface area contributed by atoms with Crippen LogP contribution in [0.15, 0.2) is 60.7 Å². The Bertz CT molecular complexity index is 2870. The number of carbonyl (C=O) groups excluding carboxylic acids is 4. The fraction of sp³-hybridized carbons (Fsp3) is 0.373. The molecule has 0 saturated heterocycles. The monoisotopic (exact) mass is 1510 g/mol. The number of hydrazine groups is 2. The van der Waals surface area contributed by atoms with Crippen molar-refractivity contribution in [3.63, 3.8) is 0 Å². The number of amides is 4. The number of hydrogen-bond donors (Lipinski definition) is 14. The van der Waals surface area contributed by atoms with E-state index in [0.29, 0.717) is 21.9 Å². The predicted molar refractivity (Wildman–Crippen MR) is 285 cm³/mol. The first kappa shape index (κ1) is 78.1. The van der Waals surface area contributed by atoms with E-state index in [1.54, 1.807) is 36.4 Å². The van der Waals surface area contributed by atoms with Crippen molar-refractivity contribution in [3.05, 3.63) is 82.9 Å². The second-order valence-corrected chi connectivity index (χ2v) is 18.7. The van der Waals surface area contributed by atoms with Gasteiger partial charge in [0.2, 0.25) is 0 Å². The zero-order valence-corrected chi connectivity index (χ0v) is 52.5. The number of benzene rings is 4. The SMILES string of the molecule is O=C(O)CN(CCN(CC(=O)O)CC(=O)O)CCN(CC(=O)O)CC(=O)NNC(=O)c1cc(Cc2cc(C(=O)NNC(=O)CN(CCN(CCN(CC(=O)O)CC(=O)O)CC(=O)O)CC(=O)O)c(O)c3ccccc23)c2ccccc2c1O.[Gd+3].[Gd+3].[Na+]. The van der Waals surface area contributed by atoms with Gasteiger partial charge in [0.15, 0.2) is 0 Å². The number of nitrogens with zero attached hydrogens (tertiary/aromatic N) is 6. The fourth-order valence-electron chi connectivity index (χ4n) is 8.64. The van der Waals surface area contributed by atoms with Crippen LogP contribution in [0, 0.1) is 79.9 Å². The summed E-state index contributed by atoms with van der Waals surface area (Å²) in [4.78, 5) is 153. The molecule has 35 heteroatoms. The quantitative estimate of drug-likeness (QED) is 0.0149. The molecule has 86 heavy (non-hydrogen) atoms. The molecule has 0 spiro atoms. The first-order valence-corrected chi connectivity index (χ1v) is 24.9. The molecule has 0 unspecified atom stereocenters. The van der Waals surface area contributed by atoms with Crippen molar-refractivity contribution in [1.29, 1.82) is 0 Å². The van der Waals surface area contributed by atoms with Gasteiger partial charge in [0.05, 0.1) is 76.6 Å². The van der Waals surface area contributed by atoms with Crippen molar-refractivity contribution in [3.8, 4) is 11.5 Å². The van der Waals surface area contributed by atoms with Crippen molar-refractivity contribution in [2.24, 2.45) is 0 Å². The Labute approximate surface area is 575 Å². The summed E-state index contributed by atoms with van der Waals surface area (Å²) in [6.45, 7) is -8.24. The molecule has 0 fully saturated rings. The summed E-state index contributed by atoms with van der Waals surface area (Å²) in [5.41, 5.74) is 8.69. The van der Waals surface area contributed by atoms with Gasteiger partial charge in [0.25, 0.3) is 23.6 Å². The van der Waals surface area contributed by atoms with E-state index in [1.165, 1.54) is 34.1 Å². The van der Waals surface area contributed by atoms with Gasteiger partial charge < -0.3 is 51.1 Å². The van der Waals surface area contributed by atoms with Gasteiger partial charge in [-0.15, -0.1) is 0 Å². The molecule has 32 nitrogen and oxygen atoms in total. The van der Waals surface area contributed by atoms with Gasteiger partial charge in [-0.25, -0.2) is 0 Å². The van der Waals surface area contributed by atoms with Gasteiger partial charge in [0.1, 0.15) is 11.5 Å². The van der Waals surface area contributed by atoms with Crippen molar-refractivity contribution < 1.29 is 218 Å². The maximum absolute atomic E-state index is 13.8. The molecule has 0 bridgehead atoms. The van der Waals surface area contributed by atoms with Gasteiger partial charge in [-0.1, -0.05) is 48.5 Å². The summed E-state index contributed by atoms with van der Waals surface area (Å²) in [5, 5.41) is 98.7. The Morgan fingerprint density at radius 3 is 0.802 bits per heavy atom. The topological polar surface area (TPSA) is 475 Å². The summed E-state index contributed by atoms with van der Waals surface area (Å²) in [6, 6.07) is 15.3. The summed E-state index contributed by atoms with van der Waals surface area (Å²) < 4.78 is 0. The third kappa shape index (κ3) is 27.4. The Morgan fingerprint density at radius 1 is 0.326 bits per heavy atom. The molecule has 0 aliphatic rings. The molecule has 0 atom stereocenters. The Balaban J connectivity index is 0.0000123. The smallest absolute Gasteiger partial charge is 0.506 e. The molecule has 4 rings (SSSR count). The number of carbonyl (C=O) groups is 12. The van der Waals surface area contributed by atoms with E-state index in [9.17, 15) is 88.2 Å². The van der Waals surface area contributed by atoms with Crippen LogP contribution >= 0.6 is 0 Å². The van der Waals surface area contributed by atoms with Crippen LogP contribution in [0.2, 0.25) is 0 Å². The van der Waals surface area contributed by atoms with Gasteiger partial charge >= 0.3 is 157 Å². The number of fused-ring (bicyclic) bond motifs is 2. The maximum atomic E-state index is 13.8. The second kappa shape index (κ2) is 39.0. The fourth-order valence-corrected chi connectivity index (χ4v) is 8.64. The van der Waals surface area contributed by atoms with Crippen LogP contribution in [0.5, 0.6) is 11.5 Å². The van der Waals surface area contributed by atoms with Crippen LogP contribution in [0.4, 0.5) is 0 Å². The molecule has 4 aromatic carbocycles. The van der Waals surface area contributed by atoms with Crippen molar-refractivity contribution in [1.82, 2.24) is 51.1 Å². The summed E-state index contributed by atoms with van der Waals surface area (Å²) in [7, 11) is 0. The minimum absolute atomic E-state index is 0. The van der Waals surface area contributed by atoms with Gasteiger partial charge in [-0.2, -0.15) is 0 Å². The van der Waals surface area contributed by atoms with Crippen LogP contribution in [-0.2, 0) is 54.4 Å². The Morgan fingerprint density at radius 2 is 0.547 bits per heavy atom. The Hall–Kier alpha value is -5.95. The minimum atomic E-state index is -1.38. The number of hydrogen-bond acceptors (Lipinski definition) is 20. The normalized spacial score (nSPS) is 11.0. The van der Waals surface area contributed by atoms with E-state index in [4.69, 9.17) is 20.4 Å². The second-order valence-electron chi connectivity index (χ2n) is 18.7. The first-order valence-electron chi connectivity index (χ1n) is 24.9. The molecule has 458 valence electrons. The average molecular weight is 1500 g/mol. The number of phenolic OH excluding ortho intramolecular Hbond substituents is 2. The van der Waals surface area contributed by atoms with Crippen molar-refractivity contribution >= 4 is 92.9 Å². The summed E-state index contributed by atoms with van der Waals surface area (Å²) in [6.07, 6.45) is -0.0960. The molecular weight excluding hydrogens is 1440 g/mol. The molecule has 0 aromatic heterocycles. The van der Waals surface area contributed by atoms with Crippen molar-refractivity contribution in [2.45, 2.75) is 6.42 Å². The van der Waals surface area contributed by atoms with E-state index in [0.717, 1.165) is 19.6 Å². The van der Waals surface area contributed by atoms with E-state index < -0.39 is 148 Å². The van der Waals surface area contributed by atoms with E-state index in [-0.39, 0.29) is 190 Å². The summed E-state index contributed by atoms with van der Waals surface area (Å²) in [5.74, 6) is -15.7. The largest absolute Gasteiger partial charge is 3.00 e. The number of aromatic hydroxyl groups is 2. The standard InChI is InChI=1S/C51H62N10O22.2Gd.Na/c62-38(20-58(24-42(68)69)13-9-56(22-40(64)65)11-15-60(26-44(72)73)27-45(74)75)52-54-50(82)36-18-30(32-5-1-3-7-34(32)48(36)80)17-31-19-37(49(81)35-8-4-2-6-33(31)35)51(83)55-53-39(63)21-59(25-43(70)71)14-10-57(23-41(66)67)12-16-61(28-46(76)77)29-47(78)79;;;/h1-8,18-19,80-81H,9-17,20-29H2,(H,52,62)(H,53,63)(H,54,82)(H,55,83)(H,64,65)(H,66,67)(H,68,69)(H,70,71)(H,72,73)(H,74,75)(H,76,77)(H,78,79);;;/q;2*+3;+1. The maximum Gasteiger partial charge on any atom is 3.00 e. The van der Waals surface area contributed by atoms with Crippen molar-refractivity contribution in [2.75, 3.05) is 118 Å². The molecular formula is C51H62Gd2N10NaO22+7. The molecule has 0 heterocycles. The van der Waals surface area contributed by atoms with Crippen LogP contribution in [0.25, 0.3) is 21.5 Å². The predicted octanol–water partition coefficient (Wildman–Crippen LogP) is -5.99. The molecule has 0 saturated carbocycles. The first-order chi connectivity index (χ1) is 39.2. The van der Waals surface area contributed by atoms with Gasteiger partial charge in [-0.3, -0.25) is 109 Å². The molecule has 4 aromatic rings. The number of rotatable bonds is 36. The van der Waals surface area contributed by atoms with E-state index in [2.05, 4.69) is 21.7 Å². The molecule has 0 aliphatic carbocycles. The number of aliphatic carboxylic acids is 8. The number of phenols is 2. The van der Waals surface area contributed by atoms with E-state index in [1.807, 2.05) is 0 Å². The number of carboxylic acids is 8. The average Bonchev–Trinajstić information content (AvgIpc) is 2.29. The third-order valence-corrected chi connectivity index (χ3v) is 12.2. The zero-order chi connectivity index (χ0) is 61.5. The number of nitrogens with one attached hydrogen (secondary N) is 4. The molecule has 14 N–H and O–H groups in total. The van der Waals surface area contributed by atoms with Crippen LogP contribution < -0.4 is 51.3 Å². The summed E-state index contributed by atoms with van der Waals surface area (Å²) >= 11 is 0. The molecule has 4 amide bonds. The van der Waals surface area contributed by atoms with Gasteiger partial charge in [0, 0.05) is 63.1 Å². The number of carboxylic acid groups (broad SMARTS) is 8. The zero-order valence-electron chi connectivity index (χ0n) is 46.0. The van der Waals surface area contributed by atoms with Gasteiger partial charge in [-0.05, 0) is 40.5 Å². The third-order valence-electron chi connectivity index (χ3n) is 12.2.